The van der Waals surface area contributed by atoms with Gasteiger partial charge < -0.3 is 14.2 Å². The van der Waals surface area contributed by atoms with Crippen molar-refractivity contribution in [3.8, 4) is 0 Å². The van der Waals surface area contributed by atoms with Crippen LogP contribution >= 0.6 is 0 Å². The Morgan fingerprint density at radius 3 is 1.02 bits per heavy atom. The van der Waals surface area contributed by atoms with Crippen LogP contribution in [-0.2, 0) is 28.6 Å². The van der Waals surface area contributed by atoms with E-state index in [1.807, 2.05) is 0 Å². The van der Waals surface area contributed by atoms with Crippen LogP contribution in [0, 0.1) is 11.8 Å². The van der Waals surface area contributed by atoms with Gasteiger partial charge in [-0.3, -0.25) is 14.4 Å². The van der Waals surface area contributed by atoms with Gasteiger partial charge in [0, 0.05) is 19.3 Å². The van der Waals surface area contributed by atoms with Gasteiger partial charge in [-0.15, -0.1) is 0 Å². The second kappa shape index (κ2) is 43.0. The second-order valence-electron chi connectivity index (χ2n) is 17.8. The number of unbranched alkanes of at least 4 members (excludes halogenated alkanes) is 28. The normalized spacial score (nSPS) is 12.5. The predicted molar refractivity (Wildman–Crippen MR) is 238 cm³/mol. The molecule has 0 N–H and O–H groups in total. The smallest absolute Gasteiger partial charge is 0.306 e. The lowest BCUT2D eigenvalue weighted by molar-refractivity contribution is -0.167. The van der Waals surface area contributed by atoms with Crippen LogP contribution in [0.3, 0.4) is 0 Å². The van der Waals surface area contributed by atoms with Crippen LogP contribution in [0.2, 0.25) is 0 Å². The molecule has 0 aromatic rings. The molecule has 0 aliphatic rings. The van der Waals surface area contributed by atoms with E-state index in [0.717, 1.165) is 76.0 Å². The van der Waals surface area contributed by atoms with Crippen LogP contribution in [0.25, 0.3) is 0 Å². The Hall–Kier alpha value is -1.59. The lowest BCUT2D eigenvalue weighted by Crippen LogP contribution is -2.30. The molecule has 0 spiro atoms. The fourth-order valence-electron chi connectivity index (χ4n) is 7.43. The summed E-state index contributed by atoms with van der Waals surface area (Å²) in [6, 6.07) is 0. The third-order valence-corrected chi connectivity index (χ3v) is 11.6. The molecule has 0 aromatic carbocycles. The van der Waals surface area contributed by atoms with Gasteiger partial charge in [0.25, 0.3) is 0 Å². The maximum Gasteiger partial charge on any atom is 0.306 e. The zero-order valence-electron chi connectivity index (χ0n) is 38.3. The van der Waals surface area contributed by atoms with Crippen molar-refractivity contribution in [2.75, 3.05) is 13.2 Å². The summed E-state index contributed by atoms with van der Waals surface area (Å²) in [5.74, 6) is 0.863. The molecule has 0 rings (SSSR count). The largest absolute Gasteiger partial charge is 0.462 e. The first-order valence-corrected chi connectivity index (χ1v) is 24.8. The summed E-state index contributed by atoms with van der Waals surface area (Å²) in [4.78, 5) is 37.6. The lowest BCUT2D eigenvalue weighted by Gasteiger charge is -2.18. The Morgan fingerprint density at radius 1 is 0.375 bits per heavy atom. The standard InChI is InChI=1S/C50H96O6/c1-6-8-9-28-35-40-48(51)54-43-47(56-50(53)42-37-32-27-23-19-15-14-16-20-24-29-33-38-45(3)4)44-55-49(52)41-36-31-26-22-18-13-11-10-12-17-21-25-30-34-39-46(5)7-2/h45-47H,6-44H2,1-5H3/t46?,47-/m1/s1. The second-order valence-corrected chi connectivity index (χ2v) is 17.8. The molecule has 1 unspecified atom stereocenters. The summed E-state index contributed by atoms with van der Waals surface area (Å²) in [5, 5.41) is 0. The summed E-state index contributed by atoms with van der Waals surface area (Å²) in [6.07, 6.45) is 42.6. The van der Waals surface area contributed by atoms with Gasteiger partial charge in [-0.05, 0) is 31.1 Å². The minimum atomic E-state index is -0.759. The van der Waals surface area contributed by atoms with Crippen molar-refractivity contribution in [2.24, 2.45) is 11.8 Å². The Kier molecular flexibility index (Phi) is 41.8. The highest BCUT2D eigenvalue weighted by molar-refractivity contribution is 5.71. The molecule has 0 bridgehead atoms. The number of rotatable bonds is 44. The van der Waals surface area contributed by atoms with E-state index in [1.165, 1.54) is 154 Å². The van der Waals surface area contributed by atoms with Crippen LogP contribution < -0.4 is 0 Å². The van der Waals surface area contributed by atoms with Gasteiger partial charge in [-0.25, -0.2) is 0 Å². The molecule has 0 fully saturated rings. The number of ether oxygens (including phenoxy) is 3. The van der Waals surface area contributed by atoms with Crippen LogP contribution in [0.1, 0.15) is 272 Å². The molecule has 0 heterocycles. The van der Waals surface area contributed by atoms with Gasteiger partial charge >= 0.3 is 17.9 Å². The van der Waals surface area contributed by atoms with E-state index in [1.54, 1.807) is 0 Å². The van der Waals surface area contributed by atoms with E-state index in [2.05, 4.69) is 34.6 Å². The van der Waals surface area contributed by atoms with Crippen LogP contribution in [0.5, 0.6) is 0 Å². The number of hydrogen-bond acceptors (Lipinski definition) is 6. The topological polar surface area (TPSA) is 78.9 Å². The number of carbonyl (C=O) groups excluding carboxylic acids is 3. The fraction of sp³-hybridized carbons (Fsp3) is 0.940. The number of hydrogen-bond donors (Lipinski definition) is 0. The van der Waals surface area contributed by atoms with Crippen LogP contribution in [-0.4, -0.2) is 37.2 Å². The lowest BCUT2D eigenvalue weighted by atomic mass is 9.99. The summed E-state index contributed by atoms with van der Waals surface area (Å²) < 4.78 is 16.7. The van der Waals surface area contributed by atoms with E-state index >= 15 is 0 Å². The molecular weight excluding hydrogens is 697 g/mol. The average Bonchev–Trinajstić information content (AvgIpc) is 3.18. The van der Waals surface area contributed by atoms with Gasteiger partial charge in [0.15, 0.2) is 6.10 Å². The molecular formula is C50H96O6. The summed E-state index contributed by atoms with van der Waals surface area (Å²) in [5.41, 5.74) is 0. The maximum absolute atomic E-state index is 12.7. The Balaban J connectivity index is 4.13. The number of carbonyl (C=O) groups is 3. The van der Waals surface area contributed by atoms with Crippen molar-refractivity contribution < 1.29 is 28.6 Å². The summed E-state index contributed by atoms with van der Waals surface area (Å²) in [7, 11) is 0. The van der Waals surface area contributed by atoms with Crippen molar-refractivity contribution in [3.05, 3.63) is 0 Å². The summed E-state index contributed by atoms with van der Waals surface area (Å²) in [6.45, 7) is 11.3. The van der Waals surface area contributed by atoms with Gasteiger partial charge in [0.1, 0.15) is 13.2 Å². The monoisotopic (exact) mass is 793 g/mol. The Morgan fingerprint density at radius 2 is 0.679 bits per heavy atom. The molecule has 0 radical (unpaired) electrons. The molecule has 2 atom stereocenters. The third-order valence-electron chi connectivity index (χ3n) is 11.6. The highest BCUT2D eigenvalue weighted by atomic mass is 16.6. The van der Waals surface area contributed by atoms with Crippen LogP contribution in [0.4, 0.5) is 0 Å². The highest BCUT2D eigenvalue weighted by Gasteiger charge is 2.19. The van der Waals surface area contributed by atoms with E-state index < -0.39 is 6.10 Å². The van der Waals surface area contributed by atoms with Crippen molar-refractivity contribution in [1.82, 2.24) is 0 Å². The average molecular weight is 793 g/mol. The van der Waals surface area contributed by atoms with E-state index in [4.69, 9.17) is 14.2 Å². The first-order valence-electron chi connectivity index (χ1n) is 24.8. The van der Waals surface area contributed by atoms with Gasteiger partial charge in [0.05, 0.1) is 0 Å². The molecule has 0 aliphatic carbocycles. The minimum Gasteiger partial charge on any atom is -0.462 e. The third kappa shape index (κ3) is 42.0. The van der Waals surface area contributed by atoms with Gasteiger partial charge in [-0.1, -0.05) is 234 Å². The van der Waals surface area contributed by atoms with E-state index in [9.17, 15) is 14.4 Å². The molecule has 0 saturated carbocycles. The fourth-order valence-corrected chi connectivity index (χ4v) is 7.43. The van der Waals surface area contributed by atoms with Crippen molar-refractivity contribution >= 4 is 17.9 Å². The minimum absolute atomic E-state index is 0.0649. The zero-order valence-corrected chi connectivity index (χ0v) is 38.3. The molecule has 0 amide bonds. The molecule has 56 heavy (non-hydrogen) atoms. The molecule has 0 aromatic heterocycles. The molecule has 0 saturated heterocycles. The first-order chi connectivity index (χ1) is 27.3. The van der Waals surface area contributed by atoms with Crippen molar-refractivity contribution in [2.45, 2.75) is 278 Å². The van der Waals surface area contributed by atoms with E-state index in [0.29, 0.717) is 19.3 Å². The first kappa shape index (κ1) is 54.4. The van der Waals surface area contributed by atoms with Gasteiger partial charge in [-0.2, -0.15) is 0 Å². The molecule has 332 valence electrons. The predicted octanol–water partition coefficient (Wildman–Crippen LogP) is 15.8. The molecule has 6 nitrogen and oxygen atoms in total. The van der Waals surface area contributed by atoms with Crippen molar-refractivity contribution in [3.63, 3.8) is 0 Å². The SMILES string of the molecule is CCCCCCCC(=O)OC[C@H](COC(=O)CCCCCCCCCCCCCCCCC(C)CC)OC(=O)CCCCCCCCCCCCCCC(C)C. The Labute approximate surface area is 348 Å². The highest BCUT2D eigenvalue weighted by Crippen LogP contribution is 2.18. The Bertz CT molecular complexity index is 856. The zero-order chi connectivity index (χ0) is 41.2. The maximum atomic E-state index is 12.7. The van der Waals surface area contributed by atoms with Crippen LogP contribution in [0.15, 0.2) is 0 Å². The summed E-state index contributed by atoms with van der Waals surface area (Å²) >= 11 is 0. The molecule has 6 heteroatoms. The number of esters is 3. The quantitative estimate of drug-likeness (QED) is 0.0347. The van der Waals surface area contributed by atoms with Gasteiger partial charge in [0.2, 0.25) is 0 Å². The van der Waals surface area contributed by atoms with E-state index in [-0.39, 0.29) is 31.1 Å². The molecule has 0 aliphatic heterocycles. The van der Waals surface area contributed by atoms with Crippen molar-refractivity contribution in [1.29, 1.82) is 0 Å².